The highest BCUT2D eigenvalue weighted by Gasteiger charge is 2.29. The minimum atomic E-state index is -0.336. The van der Waals surface area contributed by atoms with Gasteiger partial charge in [-0.15, -0.1) is 0 Å². The van der Waals surface area contributed by atoms with Crippen LogP contribution >= 0.6 is 12.2 Å². The summed E-state index contributed by atoms with van der Waals surface area (Å²) in [5.41, 5.74) is 6.98. The fourth-order valence-electron chi connectivity index (χ4n) is 2.75. The Labute approximate surface area is 123 Å². The summed E-state index contributed by atoms with van der Waals surface area (Å²) in [5.74, 6) is 0.202. The summed E-state index contributed by atoms with van der Waals surface area (Å²) in [7, 11) is 0. The molecular formula is C15H19FN2OS. The minimum absolute atomic E-state index is 0.126. The van der Waals surface area contributed by atoms with Crippen LogP contribution in [0.4, 0.5) is 4.39 Å². The number of nitrogens with zero attached hydrogens (tertiary/aromatic N) is 1. The number of hydrogen-bond donors (Lipinski definition) is 1. The molecule has 1 atom stereocenters. The van der Waals surface area contributed by atoms with Gasteiger partial charge in [-0.05, 0) is 36.1 Å². The monoisotopic (exact) mass is 294 g/mol. The molecule has 1 heterocycles. The summed E-state index contributed by atoms with van der Waals surface area (Å²) in [6.07, 6.45) is 2.71. The van der Waals surface area contributed by atoms with Crippen molar-refractivity contribution in [2.45, 2.75) is 32.7 Å². The predicted molar refractivity (Wildman–Crippen MR) is 80.7 cm³/mol. The third kappa shape index (κ3) is 3.33. The summed E-state index contributed by atoms with van der Waals surface area (Å²) in [6.45, 7) is 3.23. The van der Waals surface area contributed by atoms with Gasteiger partial charge >= 0.3 is 0 Å². The van der Waals surface area contributed by atoms with Crippen LogP contribution in [0.25, 0.3) is 0 Å². The van der Waals surface area contributed by atoms with Crippen LogP contribution in [0.1, 0.15) is 37.3 Å². The first-order chi connectivity index (χ1) is 9.51. The second kappa shape index (κ2) is 6.31. The van der Waals surface area contributed by atoms with Crippen LogP contribution in [0.2, 0.25) is 0 Å². The number of amides is 1. The first-order valence-electron chi connectivity index (χ1n) is 6.87. The SMILES string of the molecule is CCCC1CC(=O)N(Cc2cc(F)ccc2C(N)=S)C1. The Morgan fingerprint density at radius 3 is 2.95 bits per heavy atom. The van der Waals surface area contributed by atoms with E-state index in [1.165, 1.54) is 12.1 Å². The number of likely N-dealkylation sites (tertiary alicyclic amines) is 1. The van der Waals surface area contributed by atoms with Crippen LogP contribution in [0.15, 0.2) is 18.2 Å². The summed E-state index contributed by atoms with van der Waals surface area (Å²) in [6, 6.07) is 4.33. The highest BCUT2D eigenvalue weighted by Crippen LogP contribution is 2.25. The van der Waals surface area contributed by atoms with E-state index in [2.05, 4.69) is 6.92 Å². The highest BCUT2D eigenvalue weighted by atomic mass is 32.1. The van der Waals surface area contributed by atoms with Crippen molar-refractivity contribution < 1.29 is 9.18 Å². The van der Waals surface area contributed by atoms with Crippen molar-refractivity contribution in [2.24, 2.45) is 11.7 Å². The molecule has 1 amide bonds. The highest BCUT2D eigenvalue weighted by molar-refractivity contribution is 7.80. The summed E-state index contributed by atoms with van der Waals surface area (Å²) in [5, 5.41) is 0. The van der Waals surface area contributed by atoms with Crippen molar-refractivity contribution in [2.75, 3.05) is 6.54 Å². The van der Waals surface area contributed by atoms with Gasteiger partial charge in [-0.3, -0.25) is 4.79 Å². The molecule has 0 aliphatic carbocycles. The predicted octanol–water partition coefficient (Wildman–Crippen LogP) is 2.61. The number of nitrogens with two attached hydrogens (primary N) is 1. The zero-order chi connectivity index (χ0) is 14.7. The second-order valence-electron chi connectivity index (χ2n) is 5.30. The second-order valence-corrected chi connectivity index (χ2v) is 5.74. The Bertz CT molecular complexity index is 533. The lowest BCUT2D eigenvalue weighted by molar-refractivity contribution is -0.128. The van der Waals surface area contributed by atoms with Gasteiger partial charge in [0.25, 0.3) is 0 Å². The minimum Gasteiger partial charge on any atom is -0.389 e. The lowest BCUT2D eigenvalue weighted by atomic mass is 10.0. The van der Waals surface area contributed by atoms with Crippen LogP contribution in [0.5, 0.6) is 0 Å². The van der Waals surface area contributed by atoms with E-state index in [-0.39, 0.29) is 16.7 Å². The van der Waals surface area contributed by atoms with Gasteiger partial charge < -0.3 is 10.6 Å². The Morgan fingerprint density at radius 1 is 1.55 bits per heavy atom. The quantitative estimate of drug-likeness (QED) is 0.849. The van der Waals surface area contributed by atoms with E-state index in [0.717, 1.165) is 19.4 Å². The molecule has 1 aliphatic rings. The van der Waals surface area contributed by atoms with E-state index in [9.17, 15) is 9.18 Å². The number of rotatable bonds is 5. The average molecular weight is 294 g/mol. The lowest BCUT2D eigenvalue weighted by Crippen LogP contribution is -2.26. The third-order valence-electron chi connectivity index (χ3n) is 3.69. The Morgan fingerprint density at radius 2 is 2.30 bits per heavy atom. The number of benzene rings is 1. The largest absolute Gasteiger partial charge is 0.389 e. The summed E-state index contributed by atoms with van der Waals surface area (Å²) in [4.78, 5) is 14.0. The maximum absolute atomic E-state index is 13.4. The average Bonchev–Trinajstić information content (AvgIpc) is 2.70. The topological polar surface area (TPSA) is 46.3 Å². The van der Waals surface area contributed by atoms with Crippen molar-refractivity contribution in [1.82, 2.24) is 4.90 Å². The maximum Gasteiger partial charge on any atom is 0.223 e. The van der Waals surface area contributed by atoms with E-state index in [1.807, 2.05) is 0 Å². The molecule has 1 unspecified atom stereocenters. The van der Waals surface area contributed by atoms with Gasteiger partial charge in [0.1, 0.15) is 10.8 Å². The van der Waals surface area contributed by atoms with Crippen molar-refractivity contribution in [1.29, 1.82) is 0 Å². The van der Waals surface area contributed by atoms with Gasteiger partial charge in [-0.1, -0.05) is 25.6 Å². The molecule has 0 bridgehead atoms. The molecule has 3 nitrogen and oxygen atoms in total. The molecular weight excluding hydrogens is 275 g/mol. The van der Waals surface area contributed by atoms with Crippen LogP contribution in [0.3, 0.4) is 0 Å². The molecule has 1 aliphatic heterocycles. The van der Waals surface area contributed by atoms with Gasteiger partial charge in [0.15, 0.2) is 0 Å². The summed E-state index contributed by atoms with van der Waals surface area (Å²) >= 11 is 4.98. The molecule has 20 heavy (non-hydrogen) atoms. The van der Waals surface area contributed by atoms with E-state index >= 15 is 0 Å². The number of halogens is 1. The van der Waals surface area contributed by atoms with Gasteiger partial charge in [0.2, 0.25) is 5.91 Å². The normalized spacial score (nSPS) is 18.6. The standard InChI is InChI=1S/C15H19FN2OS/c1-2-3-10-6-14(19)18(8-10)9-11-7-12(16)4-5-13(11)15(17)20/h4-5,7,10H,2-3,6,8-9H2,1H3,(H2,17,20). The van der Waals surface area contributed by atoms with E-state index in [4.69, 9.17) is 18.0 Å². The Kier molecular flexibility index (Phi) is 4.70. The Balaban J connectivity index is 2.16. The smallest absolute Gasteiger partial charge is 0.223 e. The molecule has 1 saturated heterocycles. The first-order valence-corrected chi connectivity index (χ1v) is 7.28. The van der Waals surface area contributed by atoms with Crippen molar-refractivity contribution in [3.05, 3.63) is 35.1 Å². The maximum atomic E-state index is 13.4. The van der Waals surface area contributed by atoms with Crippen molar-refractivity contribution in [3.63, 3.8) is 0 Å². The molecule has 0 spiro atoms. The molecule has 1 aromatic rings. The number of hydrogen-bond acceptors (Lipinski definition) is 2. The van der Waals surface area contributed by atoms with Crippen LogP contribution in [-0.4, -0.2) is 22.3 Å². The number of carbonyl (C=O) groups is 1. The van der Waals surface area contributed by atoms with Crippen molar-refractivity contribution in [3.8, 4) is 0 Å². The molecule has 1 aromatic carbocycles. The molecule has 1 fully saturated rings. The van der Waals surface area contributed by atoms with Crippen LogP contribution < -0.4 is 5.73 Å². The van der Waals surface area contributed by atoms with Gasteiger partial charge in [0.05, 0.1) is 0 Å². The molecule has 0 saturated carbocycles. The van der Waals surface area contributed by atoms with Crippen LogP contribution in [-0.2, 0) is 11.3 Å². The molecule has 2 rings (SSSR count). The van der Waals surface area contributed by atoms with E-state index in [0.29, 0.717) is 30.0 Å². The fourth-order valence-corrected chi connectivity index (χ4v) is 2.95. The van der Waals surface area contributed by atoms with Gasteiger partial charge in [-0.25, -0.2) is 4.39 Å². The van der Waals surface area contributed by atoms with E-state index in [1.54, 1.807) is 11.0 Å². The number of thiocarbonyl (C=S) groups is 1. The lowest BCUT2D eigenvalue weighted by Gasteiger charge is -2.18. The van der Waals surface area contributed by atoms with Crippen LogP contribution in [0, 0.1) is 11.7 Å². The molecule has 0 aromatic heterocycles. The molecule has 108 valence electrons. The fraction of sp³-hybridized carbons (Fsp3) is 0.467. The first kappa shape index (κ1) is 14.9. The molecule has 2 N–H and O–H groups in total. The van der Waals surface area contributed by atoms with Gasteiger partial charge in [-0.2, -0.15) is 0 Å². The van der Waals surface area contributed by atoms with Gasteiger partial charge in [0, 0.05) is 25.1 Å². The van der Waals surface area contributed by atoms with Crippen molar-refractivity contribution >= 4 is 23.1 Å². The summed E-state index contributed by atoms with van der Waals surface area (Å²) < 4.78 is 13.4. The van der Waals surface area contributed by atoms with E-state index < -0.39 is 0 Å². The Hall–Kier alpha value is -1.49. The zero-order valence-electron chi connectivity index (χ0n) is 11.6. The zero-order valence-corrected chi connectivity index (χ0v) is 12.4. The molecule has 0 radical (unpaired) electrons. The third-order valence-corrected chi connectivity index (χ3v) is 3.91. The number of carbonyl (C=O) groups excluding carboxylic acids is 1. The molecule has 5 heteroatoms.